The summed E-state index contributed by atoms with van der Waals surface area (Å²) >= 11 is 18.8. The Morgan fingerprint density at radius 3 is 2.54 bits per heavy atom. The zero-order valence-corrected chi connectivity index (χ0v) is 15.5. The van der Waals surface area contributed by atoms with Gasteiger partial charge in [0.25, 0.3) is 0 Å². The highest BCUT2D eigenvalue weighted by Crippen LogP contribution is 2.43. The van der Waals surface area contributed by atoms with Gasteiger partial charge < -0.3 is 10.2 Å². The lowest BCUT2D eigenvalue weighted by Gasteiger charge is -2.50. The third kappa shape index (κ3) is 2.74. The van der Waals surface area contributed by atoms with Crippen molar-refractivity contribution in [3.05, 3.63) is 57.0 Å². The van der Waals surface area contributed by atoms with Crippen LogP contribution >= 0.6 is 34.8 Å². The topological polar surface area (TPSA) is 18.5 Å². The summed E-state index contributed by atoms with van der Waals surface area (Å²) in [6, 6.07) is 12.4. The molecule has 6 heteroatoms. The summed E-state index contributed by atoms with van der Waals surface area (Å²) in [4.78, 5) is 4.81. The molecule has 2 unspecified atom stereocenters. The second-order valence-electron chi connectivity index (χ2n) is 6.39. The molecule has 1 saturated heterocycles. The summed E-state index contributed by atoms with van der Waals surface area (Å²) in [6.07, 6.45) is 0. The molecule has 0 aromatic heterocycles. The van der Waals surface area contributed by atoms with E-state index in [1.165, 1.54) is 5.56 Å². The molecule has 0 amide bonds. The number of likely N-dealkylation sites (N-methyl/N-ethyl adjacent to an activating group) is 1. The van der Waals surface area contributed by atoms with Crippen LogP contribution in [-0.4, -0.2) is 37.6 Å². The maximum Gasteiger partial charge on any atom is 0.0735 e. The van der Waals surface area contributed by atoms with E-state index in [4.69, 9.17) is 34.8 Å². The van der Waals surface area contributed by atoms with Crippen molar-refractivity contribution in [1.29, 1.82) is 0 Å². The first-order valence-electron chi connectivity index (χ1n) is 8.00. The first-order valence-corrected chi connectivity index (χ1v) is 9.13. The highest BCUT2D eigenvalue weighted by Gasteiger charge is 2.40. The van der Waals surface area contributed by atoms with E-state index in [0.717, 1.165) is 36.0 Å². The van der Waals surface area contributed by atoms with Crippen LogP contribution in [0.4, 0.5) is 11.4 Å². The summed E-state index contributed by atoms with van der Waals surface area (Å²) in [5, 5.41) is 5.63. The van der Waals surface area contributed by atoms with Gasteiger partial charge in [-0.3, -0.25) is 4.90 Å². The molecule has 2 aliphatic heterocycles. The molecule has 1 N–H and O–H groups in total. The number of benzene rings is 2. The number of nitrogens with one attached hydrogen (secondary N) is 1. The van der Waals surface area contributed by atoms with Crippen molar-refractivity contribution in [2.45, 2.75) is 12.1 Å². The highest BCUT2D eigenvalue weighted by molar-refractivity contribution is 6.36. The lowest BCUT2D eigenvalue weighted by atomic mass is 9.89. The Labute approximate surface area is 157 Å². The Kier molecular flexibility index (Phi) is 4.29. The minimum atomic E-state index is 0.232. The molecule has 2 aromatic rings. The lowest BCUT2D eigenvalue weighted by molar-refractivity contribution is 0.179. The lowest BCUT2D eigenvalue weighted by Crippen LogP contribution is -2.57. The van der Waals surface area contributed by atoms with Crippen LogP contribution in [0.2, 0.25) is 15.1 Å². The zero-order chi connectivity index (χ0) is 16.8. The molecule has 2 aliphatic rings. The Morgan fingerprint density at radius 1 is 1.00 bits per heavy atom. The molecule has 2 atom stereocenters. The summed E-state index contributed by atoms with van der Waals surface area (Å²) in [7, 11) is 2.18. The summed E-state index contributed by atoms with van der Waals surface area (Å²) in [6.45, 7) is 2.79. The van der Waals surface area contributed by atoms with Crippen LogP contribution in [0, 0.1) is 0 Å². The third-order valence-electron chi connectivity index (χ3n) is 5.01. The minimum absolute atomic E-state index is 0.232. The molecule has 0 radical (unpaired) electrons. The highest BCUT2D eigenvalue weighted by atomic mass is 35.5. The van der Waals surface area contributed by atoms with Gasteiger partial charge in [0.2, 0.25) is 0 Å². The van der Waals surface area contributed by atoms with Crippen LogP contribution in [0.5, 0.6) is 0 Å². The average Bonchev–Trinajstić information content (AvgIpc) is 2.55. The molecular weight excluding hydrogens is 365 g/mol. The number of fused-ring (bicyclic) bond motifs is 3. The van der Waals surface area contributed by atoms with Gasteiger partial charge in [-0.25, -0.2) is 0 Å². The number of rotatable bonds is 1. The molecule has 126 valence electrons. The first-order chi connectivity index (χ1) is 11.5. The minimum Gasteiger partial charge on any atom is -0.383 e. The van der Waals surface area contributed by atoms with Gasteiger partial charge in [0, 0.05) is 35.4 Å². The van der Waals surface area contributed by atoms with E-state index in [1.54, 1.807) is 0 Å². The van der Waals surface area contributed by atoms with E-state index < -0.39 is 0 Å². The molecule has 0 spiro atoms. The van der Waals surface area contributed by atoms with E-state index in [9.17, 15) is 0 Å². The van der Waals surface area contributed by atoms with Crippen molar-refractivity contribution in [3.63, 3.8) is 0 Å². The predicted molar refractivity (Wildman–Crippen MR) is 103 cm³/mol. The summed E-state index contributed by atoms with van der Waals surface area (Å²) < 4.78 is 0. The van der Waals surface area contributed by atoms with E-state index in [0.29, 0.717) is 16.1 Å². The van der Waals surface area contributed by atoms with Crippen molar-refractivity contribution in [1.82, 2.24) is 4.90 Å². The molecule has 0 aliphatic carbocycles. The average molecular weight is 383 g/mol. The fourth-order valence-corrected chi connectivity index (χ4v) is 4.49. The summed E-state index contributed by atoms with van der Waals surface area (Å²) in [5.74, 6) is 0. The Hall–Kier alpha value is -1.13. The standard InChI is InChI=1S/C18H18Cl3N3/c1-23-6-7-24(16-5-3-11(19)8-14(16)21)18-13-4-2-12(20)9-15(13)22-10-17(18)23/h2-5,8-9,17-18,22H,6-7,10H2,1H3. The van der Waals surface area contributed by atoms with Crippen molar-refractivity contribution in [2.75, 3.05) is 36.9 Å². The van der Waals surface area contributed by atoms with Gasteiger partial charge in [0.15, 0.2) is 0 Å². The van der Waals surface area contributed by atoms with Gasteiger partial charge in [-0.2, -0.15) is 0 Å². The normalized spacial score (nSPS) is 23.4. The van der Waals surface area contributed by atoms with Crippen LogP contribution in [0.15, 0.2) is 36.4 Å². The number of halogens is 3. The van der Waals surface area contributed by atoms with E-state index >= 15 is 0 Å². The van der Waals surface area contributed by atoms with E-state index in [2.05, 4.69) is 28.2 Å². The molecule has 4 rings (SSSR count). The van der Waals surface area contributed by atoms with Gasteiger partial charge in [-0.05, 0) is 42.9 Å². The Balaban J connectivity index is 1.82. The predicted octanol–water partition coefficient (Wildman–Crippen LogP) is 4.93. The first kappa shape index (κ1) is 16.3. The molecule has 3 nitrogen and oxygen atoms in total. The van der Waals surface area contributed by atoms with Crippen molar-refractivity contribution < 1.29 is 0 Å². The molecule has 0 saturated carbocycles. The van der Waals surface area contributed by atoms with Gasteiger partial charge >= 0.3 is 0 Å². The number of nitrogens with zero attached hydrogens (tertiary/aromatic N) is 2. The molecule has 0 bridgehead atoms. The van der Waals surface area contributed by atoms with Gasteiger partial charge in [0.1, 0.15) is 0 Å². The number of anilines is 2. The molecule has 2 aromatic carbocycles. The van der Waals surface area contributed by atoms with Crippen molar-refractivity contribution in [3.8, 4) is 0 Å². The number of piperazine rings is 1. The molecule has 24 heavy (non-hydrogen) atoms. The Bertz CT molecular complexity index is 780. The van der Waals surface area contributed by atoms with Gasteiger partial charge in [-0.15, -0.1) is 0 Å². The summed E-state index contributed by atoms with van der Waals surface area (Å²) in [5.41, 5.74) is 3.40. The van der Waals surface area contributed by atoms with Crippen molar-refractivity contribution in [2.24, 2.45) is 0 Å². The SMILES string of the molecule is CN1CCN(c2ccc(Cl)cc2Cl)C2c3ccc(Cl)cc3NCC21. The fraction of sp³-hybridized carbons (Fsp3) is 0.333. The fourth-order valence-electron chi connectivity index (χ4n) is 3.80. The number of hydrogen-bond acceptors (Lipinski definition) is 3. The van der Waals surface area contributed by atoms with Gasteiger partial charge in [-0.1, -0.05) is 40.9 Å². The largest absolute Gasteiger partial charge is 0.383 e. The maximum atomic E-state index is 6.51. The van der Waals surface area contributed by atoms with Crippen LogP contribution in [0.3, 0.4) is 0 Å². The maximum absolute atomic E-state index is 6.51. The van der Waals surface area contributed by atoms with Crippen LogP contribution < -0.4 is 10.2 Å². The second-order valence-corrected chi connectivity index (χ2v) is 7.67. The van der Waals surface area contributed by atoms with Crippen LogP contribution in [-0.2, 0) is 0 Å². The van der Waals surface area contributed by atoms with Crippen LogP contribution in [0.1, 0.15) is 11.6 Å². The molecular formula is C18H18Cl3N3. The van der Waals surface area contributed by atoms with E-state index in [-0.39, 0.29) is 6.04 Å². The van der Waals surface area contributed by atoms with Gasteiger partial charge in [0.05, 0.1) is 22.8 Å². The molecule has 1 fully saturated rings. The van der Waals surface area contributed by atoms with E-state index in [1.807, 2.05) is 30.3 Å². The second kappa shape index (κ2) is 6.30. The number of hydrogen-bond donors (Lipinski definition) is 1. The smallest absolute Gasteiger partial charge is 0.0735 e. The Morgan fingerprint density at radius 2 is 1.75 bits per heavy atom. The molecule has 2 heterocycles. The monoisotopic (exact) mass is 381 g/mol. The van der Waals surface area contributed by atoms with Crippen molar-refractivity contribution >= 4 is 46.2 Å². The zero-order valence-electron chi connectivity index (χ0n) is 13.3. The van der Waals surface area contributed by atoms with Crippen LogP contribution in [0.25, 0.3) is 0 Å². The third-order valence-corrected chi connectivity index (χ3v) is 5.79. The quantitative estimate of drug-likeness (QED) is 0.754.